The lowest BCUT2D eigenvalue weighted by Gasteiger charge is -2.27. The van der Waals surface area contributed by atoms with Gasteiger partial charge in [-0.1, -0.05) is 11.8 Å². The molecule has 0 spiro atoms. The monoisotopic (exact) mass is 407 g/mol. The van der Waals surface area contributed by atoms with Crippen molar-refractivity contribution in [3.8, 4) is 17.6 Å². The molecule has 0 N–H and O–H groups in total. The number of fused-ring (bicyclic) bond motifs is 1. The minimum Gasteiger partial charge on any atom is -0.334 e. The maximum absolute atomic E-state index is 13.0. The Kier molecular flexibility index (Phi) is 5.11. The van der Waals surface area contributed by atoms with E-state index in [1.165, 1.54) is 0 Å². The van der Waals surface area contributed by atoms with Crippen LogP contribution in [0.25, 0.3) is 11.5 Å². The van der Waals surface area contributed by atoms with Crippen molar-refractivity contribution in [3.05, 3.63) is 46.6 Å². The van der Waals surface area contributed by atoms with E-state index in [2.05, 4.69) is 27.8 Å². The molecule has 0 bridgehead atoms. The molecule has 0 saturated heterocycles. The van der Waals surface area contributed by atoms with Gasteiger partial charge in [-0.25, -0.2) is 0 Å². The lowest BCUT2D eigenvalue weighted by molar-refractivity contribution is 0.0733. The number of hydrogen-bond acceptors (Lipinski definition) is 6. The fourth-order valence-corrected chi connectivity index (χ4v) is 4.27. The number of rotatable bonds is 4. The topological polar surface area (TPSA) is 92.6 Å². The van der Waals surface area contributed by atoms with E-state index in [0.29, 0.717) is 24.2 Å². The highest BCUT2D eigenvalue weighted by Crippen LogP contribution is 2.31. The highest BCUT2D eigenvalue weighted by atomic mass is 32.2. The largest absolute Gasteiger partial charge is 0.334 e. The molecular formula is C20H21N7OS. The predicted molar refractivity (Wildman–Crippen MR) is 109 cm³/mol. The first-order valence-electron chi connectivity index (χ1n) is 9.39. The second-order valence-corrected chi connectivity index (χ2v) is 7.59. The van der Waals surface area contributed by atoms with E-state index in [9.17, 15) is 4.79 Å². The maximum Gasteiger partial charge on any atom is 0.254 e. The van der Waals surface area contributed by atoms with Gasteiger partial charge in [-0.15, -0.1) is 10.2 Å². The van der Waals surface area contributed by atoms with Crippen LogP contribution in [0.3, 0.4) is 0 Å². The Morgan fingerprint density at radius 3 is 2.69 bits per heavy atom. The molecule has 3 aromatic rings. The summed E-state index contributed by atoms with van der Waals surface area (Å²) >= 11 is 1.55. The zero-order chi connectivity index (χ0) is 20.5. The summed E-state index contributed by atoms with van der Waals surface area (Å²) in [6, 6.07) is 8.84. The first-order chi connectivity index (χ1) is 14.1. The molecule has 1 aliphatic heterocycles. The normalized spacial score (nSPS) is 13.2. The third-order valence-electron chi connectivity index (χ3n) is 5.22. The number of carbonyl (C=O) groups is 1. The van der Waals surface area contributed by atoms with Gasteiger partial charge in [0.15, 0.2) is 11.0 Å². The van der Waals surface area contributed by atoms with Crippen LogP contribution in [0.5, 0.6) is 0 Å². The molecule has 0 saturated carbocycles. The third-order valence-corrected chi connectivity index (χ3v) is 5.89. The first kappa shape index (κ1) is 19.2. The molecule has 0 radical (unpaired) electrons. The molecule has 0 atom stereocenters. The average Bonchev–Trinajstić information content (AvgIpc) is 3.33. The van der Waals surface area contributed by atoms with E-state index in [1.54, 1.807) is 36.0 Å². The predicted octanol–water partition coefficient (Wildman–Crippen LogP) is 2.49. The van der Waals surface area contributed by atoms with Gasteiger partial charge >= 0.3 is 0 Å². The molecule has 3 heterocycles. The van der Waals surface area contributed by atoms with Crippen molar-refractivity contribution in [2.45, 2.75) is 31.6 Å². The summed E-state index contributed by atoms with van der Waals surface area (Å²) in [6.45, 7) is 3.91. The molecule has 9 heteroatoms. The van der Waals surface area contributed by atoms with Crippen LogP contribution >= 0.6 is 11.8 Å². The summed E-state index contributed by atoms with van der Waals surface area (Å²) < 4.78 is 3.94. The van der Waals surface area contributed by atoms with Crippen LogP contribution in [-0.2, 0) is 26.6 Å². The number of aryl methyl sites for hydroxylation is 1. The molecule has 1 aromatic carbocycles. The van der Waals surface area contributed by atoms with E-state index in [0.717, 1.165) is 40.9 Å². The molecule has 0 aliphatic carbocycles. The standard InChI is InChI=1S/C20H21N7OS/c1-4-27-18(22-23-20(27)29-3)17-15-12-26(10-9-16(15)25(2)24-17)19(28)14-7-5-13(11-21)6-8-14/h5-8H,4,9-10,12H2,1-3H3. The molecule has 1 amide bonds. The maximum atomic E-state index is 13.0. The van der Waals surface area contributed by atoms with Gasteiger partial charge in [0.1, 0.15) is 5.69 Å². The molecule has 0 unspecified atom stereocenters. The fraction of sp³-hybridized carbons (Fsp3) is 0.350. The molecular weight excluding hydrogens is 386 g/mol. The van der Waals surface area contributed by atoms with Crippen LogP contribution in [0, 0.1) is 11.3 Å². The zero-order valence-electron chi connectivity index (χ0n) is 16.6. The van der Waals surface area contributed by atoms with Crippen molar-refractivity contribution in [3.63, 3.8) is 0 Å². The van der Waals surface area contributed by atoms with Crippen LogP contribution in [0.1, 0.15) is 34.1 Å². The van der Waals surface area contributed by atoms with Gasteiger partial charge in [0, 0.05) is 43.4 Å². The number of amides is 1. The Balaban J connectivity index is 1.68. The third kappa shape index (κ3) is 3.29. The first-order valence-corrected chi connectivity index (χ1v) is 10.6. The average molecular weight is 408 g/mol. The van der Waals surface area contributed by atoms with Crippen molar-refractivity contribution in [2.24, 2.45) is 7.05 Å². The van der Waals surface area contributed by atoms with Crippen LogP contribution < -0.4 is 0 Å². The van der Waals surface area contributed by atoms with Gasteiger partial charge in [0.05, 0.1) is 18.2 Å². The van der Waals surface area contributed by atoms with Gasteiger partial charge in [-0.05, 0) is 37.4 Å². The Hall–Kier alpha value is -3.12. The number of carbonyl (C=O) groups excluding carboxylic acids is 1. The van der Waals surface area contributed by atoms with Crippen molar-refractivity contribution < 1.29 is 4.79 Å². The Labute approximate surface area is 173 Å². The smallest absolute Gasteiger partial charge is 0.254 e. The summed E-state index contributed by atoms with van der Waals surface area (Å²) in [7, 11) is 1.93. The highest BCUT2D eigenvalue weighted by molar-refractivity contribution is 7.98. The number of aromatic nitrogens is 5. The molecule has 1 aliphatic rings. The SMILES string of the molecule is CCn1c(SC)nnc1-c1nn(C)c2c1CN(C(=O)c1ccc(C#N)cc1)CC2. The molecule has 8 nitrogen and oxygen atoms in total. The van der Waals surface area contributed by atoms with Gasteiger partial charge in [0.25, 0.3) is 5.91 Å². The number of benzene rings is 1. The van der Waals surface area contributed by atoms with Gasteiger partial charge < -0.3 is 9.47 Å². The second-order valence-electron chi connectivity index (χ2n) is 6.82. The number of hydrogen-bond donors (Lipinski definition) is 0. The van der Waals surface area contributed by atoms with Crippen LogP contribution in [0.4, 0.5) is 0 Å². The lowest BCUT2D eigenvalue weighted by atomic mass is 10.0. The highest BCUT2D eigenvalue weighted by Gasteiger charge is 2.30. The summed E-state index contributed by atoms with van der Waals surface area (Å²) in [5.74, 6) is 0.693. The molecule has 29 heavy (non-hydrogen) atoms. The molecule has 148 valence electrons. The number of nitrogens with zero attached hydrogens (tertiary/aromatic N) is 7. The van der Waals surface area contributed by atoms with Crippen molar-refractivity contribution in [1.82, 2.24) is 29.4 Å². The second kappa shape index (κ2) is 7.72. The van der Waals surface area contributed by atoms with E-state index >= 15 is 0 Å². The molecule has 2 aromatic heterocycles. The lowest BCUT2D eigenvalue weighted by Crippen LogP contribution is -2.36. The Morgan fingerprint density at radius 1 is 1.28 bits per heavy atom. The van der Waals surface area contributed by atoms with Crippen LogP contribution in [-0.4, -0.2) is 48.2 Å². The van der Waals surface area contributed by atoms with E-state index in [4.69, 9.17) is 10.4 Å². The van der Waals surface area contributed by atoms with Gasteiger partial charge in [-0.2, -0.15) is 10.4 Å². The van der Waals surface area contributed by atoms with E-state index in [-0.39, 0.29) is 5.91 Å². The van der Waals surface area contributed by atoms with Gasteiger partial charge in [0.2, 0.25) is 0 Å². The number of thioether (sulfide) groups is 1. The quantitative estimate of drug-likeness (QED) is 0.617. The summed E-state index contributed by atoms with van der Waals surface area (Å²) in [5, 5.41) is 23.2. The minimum absolute atomic E-state index is 0.0447. The minimum atomic E-state index is -0.0447. The zero-order valence-corrected chi connectivity index (χ0v) is 17.4. The summed E-state index contributed by atoms with van der Waals surface area (Å²) in [4.78, 5) is 14.8. The van der Waals surface area contributed by atoms with Gasteiger partial charge in [-0.3, -0.25) is 9.48 Å². The molecule has 0 fully saturated rings. The van der Waals surface area contributed by atoms with E-state index in [1.807, 2.05) is 22.9 Å². The van der Waals surface area contributed by atoms with E-state index < -0.39 is 0 Å². The summed E-state index contributed by atoms with van der Waals surface area (Å²) in [6.07, 6.45) is 2.71. The van der Waals surface area contributed by atoms with Crippen LogP contribution in [0.15, 0.2) is 29.4 Å². The van der Waals surface area contributed by atoms with Crippen molar-refractivity contribution in [2.75, 3.05) is 12.8 Å². The van der Waals surface area contributed by atoms with Crippen LogP contribution in [0.2, 0.25) is 0 Å². The fourth-order valence-electron chi connectivity index (χ4n) is 3.72. The summed E-state index contributed by atoms with van der Waals surface area (Å²) in [5.41, 5.74) is 4.06. The Morgan fingerprint density at radius 2 is 2.03 bits per heavy atom. The van der Waals surface area contributed by atoms with Crippen molar-refractivity contribution >= 4 is 17.7 Å². The Bertz CT molecular complexity index is 1110. The number of nitriles is 1. The van der Waals surface area contributed by atoms with Crippen molar-refractivity contribution in [1.29, 1.82) is 5.26 Å². The molecule has 4 rings (SSSR count).